The lowest BCUT2D eigenvalue weighted by atomic mass is 10.0. The fraction of sp³-hybridized carbons (Fsp3) is 0.263. The third-order valence-corrected chi connectivity index (χ3v) is 4.29. The minimum atomic E-state index is -0.290. The van der Waals surface area contributed by atoms with Crippen molar-refractivity contribution in [3.63, 3.8) is 0 Å². The molecule has 124 valence electrons. The number of hydrogen-bond acceptors (Lipinski definition) is 3. The van der Waals surface area contributed by atoms with E-state index in [1.165, 1.54) is 23.3 Å². The second kappa shape index (κ2) is 6.74. The summed E-state index contributed by atoms with van der Waals surface area (Å²) in [5.41, 5.74) is 2.99. The lowest BCUT2D eigenvalue weighted by Crippen LogP contribution is -2.34. The van der Waals surface area contributed by atoms with Crippen LogP contribution in [0.25, 0.3) is 0 Å². The van der Waals surface area contributed by atoms with Crippen molar-refractivity contribution in [1.82, 2.24) is 5.32 Å². The lowest BCUT2D eigenvalue weighted by Gasteiger charge is -2.08. The first kappa shape index (κ1) is 16.1. The molecule has 0 spiro atoms. The van der Waals surface area contributed by atoms with Crippen LogP contribution >= 0.6 is 0 Å². The first-order valence-electron chi connectivity index (χ1n) is 7.96. The Balaban J connectivity index is 1.47. The van der Waals surface area contributed by atoms with Crippen molar-refractivity contribution in [3.05, 3.63) is 59.7 Å². The van der Waals surface area contributed by atoms with Crippen LogP contribution in [-0.4, -0.2) is 23.5 Å². The van der Waals surface area contributed by atoms with Crippen molar-refractivity contribution in [2.75, 3.05) is 11.9 Å². The number of phenols is 1. The van der Waals surface area contributed by atoms with Gasteiger partial charge in [-0.3, -0.25) is 9.59 Å². The number of aryl methyl sites for hydroxylation is 1. The van der Waals surface area contributed by atoms with Crippen LogP contribution in [0.4, 0.5) is 5.69 Å². The average molecular weight is 324 g/mol. The molecule has 2 aromatic rings. The first-order chi connectivity index (χ1) is 11.5. The van der Waals surface area contributed by atoms with E-state index < -0.39 is 0 Å². The van der Waals surface area contributed by atoms with Gasteiger partial charge in [-0.05, 0) is 54.7 Å². The third-order valence-electron chi connectivity index (χ3n) is 4.29. The molecule has 1 aliphatic carbocycles. The first-order valence-corrected chi connectivity index (χ1v) is 7.96. The van der Waals surface area contributed by atoms with E-state index in [1.54, 1.807) is 12.1 Å². The number of anilines is 1. The summed E-state index contributed by atoms with van der Waals surface area (Å²) in [4.78, 5) is 24.0. The number of benzene rings is 2. The van der Waals surface area contributed by atoms with E-state index in [-0.39, 0.29) is 35.9 Å². The van der Waals surface area contributed by atoms with Gasteiger partial charge in [0.25, 0.3) is 0 Å². The van der Waals surface area contributed by atoms with Crippen LogP contribution in [0.5, 0.6) is 5.75 Å². The summed E-state index contributed by atoms with van der Waals surface area (Å²) in [5.74, 6) is -0.0255. The molecule has 24 heavy (non-hydrogen) atoms. The van der Waals surface area contributed by atoms with Gasteiger partial charge in [0.1, 0.15) is 5.75 Å². The summed E-state index contributed by atoms with van der Waals surface area (Å²) in [7, 11) is 0. The summed E-state index contributed by atoms with van der Waals surface area (Å²) >= 11 is 0. The summed E-state index contributed by atoms with van der Waals surface area (Å²) in [6.45, 7) is 1.99. The predicted molar refractivity (Wildman–Crippen MR) is 91.8 cm³/mol. The SMILES string of the molecule is Cc1ccccc1C1CC1C(=O)NCC(=O)Nc1ccc(O)cc1. The van der Waals surface area contributed by atoms with E-state index >= 15 is 0 Å². The second-order valence-electron chi connectivity index (χ2n) is 6.12. The Morgan fingerprint density at radius 1 is 1.12 bits per heavy atom. The number of phenolic OH excluding ortho intramolecular Hbond substituents is 1. The molecular formula is C19H20N2O3. The van der Waals surface area contributed by atoms with Gasteiger partial charge in [-0.2, -0.15) is 0 Å². The lowest BCUT2D eigenvalue weighted by molar-refractivity contribution is -0.125. The molecule has 2 unspecified atom stereocenters. The number of rotatable bonds is 5. The Morgan fingerprint density at radius 3 is 2.54 bits per heavy atom. The maximum Gasteiger partial charge on any atom is 0.243 e. The molecule has 0 saturated heterocycles. The van der Waals surface area contributed by atoms with Gasteiger partial charge < -0.3 is 15.7 Å². The molecule has 0 aliphatic heterocycles. The van der Waals surface area contributed by atoms with Gasteiger partial charge in [-0.1, -0.05) is 24.3 Å². The zero-order valence-electron chi connectivity index (χ0n) is 13.5. The molecule has 3 rings (SSSR count). The monoisotopic (exact) mass is 324 g/mol. The predicted octanol–water partition coefficient (Wildman–Crippen LogP) is 2.56. The van der Waals surface area contributed by atoms with Crippen molar-refractivity contribution in [2.45, 2.75) is 19.3 Å². The standard InChI is InChI=1S/C19H20N2O3/c1-12-4-2-3-5-15(12)16-10-17(16)19(24)20-11-18(23)21-13-6-8-14(22)9-7-13/h2-9,16-17,22H,10-11H2,1H3,(H,20,24)(H,21,23). The minimum absolute atomic E-state index is 0.0485. The van der Waals surface area contributed by atoms with Crippen LogP contribution < -0.4 is 10.6 Å². The highest BCUT2D eigenvalue weighted by Gasteiger charge is 2.44. The van der Waals surface area contributed by atoms with Crippen LogP contribution in [-0.2, 0) is 9.59 Å². The van der Waals surface area contributed by atoms with E-state index in [4.69, 9.17) is 0 Å². The largest absolute Gasteiger partial charge is 0.508 e. The second-order valence-corrected chi connectivity index (χ2v) is 6.12. The van der Waals surface area contributed by atoms with E-state index in [9.17, 15) is 14.7 Å². The molecule has 2 aromatic carbocycles. The van der Waals surface area contributed by atoms with Crippen LogP contribution in [0.3, 0.4) is 0 Å². The molecule has 3 N–H and O–H groups in total. The maximum atomic E-state index is 12.2. The molecule has 0 heterocycles. The summed E-state index contributed by atoms with van der Waals surface area (Å²) < 4.78 is 0. The van der Waals surface area contributed by atoms with Gasteiger partial charge in [-0.25, -0.2) is 0 Å². The summed E-state index contributed by atoms with van der Waals surface area (Å²) in [5, 5.41) is 14.6. The zero-order chi connectivity index (χ0) is 17.1. The smallest absolute Gasteiger partial charge is 0.243 e. The number of amides is 2. The van der Waals surface area contributed by atoms with Gasteiger partial charge in [0.15, 0.2) is 0 Å². The Labute approximate surface area is 140 Å². The van der Waals surface area contributed by atoms with Gasteiger partial charge in [-0.15, -0.1) is 0 Å². The van der Waals surface area contributed by atoms with E-state index in [0.29, 0.717) is 5.69 Å². The molecule has 2 amide bonds. The molecule has 0 aromatic heterocycles. The molecule has 1 fully saturated rings. The normalized spacial score (nSPS) is 18.7. The Kier molecular flexibility index (Phi) is 4.51. The van der Waals surface area contributed by atoms with Crippen molar-refractivity contribution >= 4 is 17.5 Å². The molecule has 5 nitrogen and oxygen atoms in total. The molecule has 1 saturated carbocycles. The van der Waals surface area contributed by atoms with E-state index in [2.05, 4.69) is 16.7 Å². The van der Waals surface area contributed by atoms with Crippen LogP contribution in [0, 0.1) is 12.8 Å². The van der Waals surface area contributed by atoms with Crippen molar-refractivity contribution in [2.24, 2.45) is 5.92 Å². The van der Waals surface area contributed by atoms with E-state index in [0.717, 1.165) is 6.42 Å². The summed E-state index contributed by atoms with van der Waals surface area (Å²) in [6, 6.07) is 14.3. The number of aromatic hydroxyl groups is 1. The average Bonchev–Trinajstić information content (AvgIpc) is 3.36. The van der Waals surface area contributed by atoms with Gasteiger partial charge in [0.05, 0.1) is 6.54 Å². The number of carbonyl (C=O) groups excluding carboxylic acids is 2. The molecule has 2 atom stereocenters. The highest BCUT2D eigenvalue weighted by atomic mass is 16.3. The van der Waals surface area contributed by atoms with Crippen LogP contribution in [0.1, 0.15) is 23.5 Å². The molecular weight excluding hydrogens is 304 g/mol. The fourth-order valence-electron chi connectivity index (χ4n) is 2.88. The molecule has 0 radical (unpaired) electrons. The van der Waals surface area contributed by atoms with Gasteiger partial charge in [0, 0.05) is 11.6 Å². The highest BCUT2D eigenvalue weighted by Crippen LogP contribution is 2.48. The third kappa shape index (κ3) is 3.74. The topological polar surface area (TPSA) is 78.4 Å². The Morgan fingerprint density at radius 2 is 1.83 bits per heavy atom. The van der Waals surface area contributed by atoms with Gasteiger partial charge >= 0.3 is 0 Å². The summed E-state index contributed by atoms with van der Waals surface area (Å²) in [6.07, 6.45) is 0.830. The fourth-order valence-corrected chi connectivity index (χ4v) is 2.88. The Bertz CT molecular complexity index is 755. The van der Waals surface area contributed by atoms with Crippen molar-refractivity contribution in [1.29, 1.82) is 0 Å². The molecule has 5 heteroatoms. The van der Waals surface area contributed by atoms with E-state index in [1.807, 2.05) is 25.1 Å². The number of nitrogens with one attached hydrogen (secondary N) is 2. The maximum absolute atomic E-state index is 12.2. The van der Waals surface area contributed by atoms with Crippen LogP contribution in [0.15, 0.2) is 48.5 Å². The number of carbonyl (C=O) groups is 2. The van der Waals surface area contributed by atoms with Crippen molar-refractivity contribution < 1.29 is 14.7 Å². The minimum Gasteiger partial charge on any atom is -0.508 e. The van der Waals surface area contributed by atoms with Crippen molar-refractivity contribution in [3.8, 4) is 5.75 Å². The molecule has 1 aliphatic rings. The zero-order valence-corrected chi connectivity index (χ0v) is 13.5. The Hall–Kier alpha value is -2.82. The molecule has 0 bridgehead atoms. The number of hydrogen-bond donors (Lipinski definition) is 3. The van der Waals surface area contributed by atoms with Crippen LogP contribution in [0.2, 0.25) is 0 Å². The highest BCUT2D eigenvalue weighted by molar-refractivity contribution is 5.95. The quantitative estimate of drug-likeness (QED) is 0.740. The van der Waals surface area contributed by atoms with Gasteiger partial charge in [0.2, 0.25) is 11.8 Å².